The number of amides is 1. The van der Waals surface area contributed by atoms with Crippen LogP contribution in [0.2, 0.25) is 0 Å². The normalized spacial score (nSPS) is 16.3. The number of nitrogens with zero attached hydrogens (tertiary/aromatic N) is 5. The Kier molecular flexibility index (Phi) is 7.21. The zero-order valence-electron chi connectivity index (χ0n) is 21.1. The summed E-state index contributed by atoms with van der Waals surface area (Å²) in [5.41, 5.74) is 2.09. The number of sulfonamides is 1. The molecule has 0 aliphatic carbocycles. The van der Waals surface area contributed by atoms with Crippen LogP contribution in [0.5, 0.6) is 5.75 Å². The topological polar surface area (TPSA) is 95.9 Å². The lowest BCUT2D eigenvalue weighted by molar-refractivity contribution is -0.170. The fraction of sp³-hybridized carbons (Fsp3) is 0.346. The summed E-state index contributed by atoms with van der Waals surface area (Å²) < 4.78 is 72.0. The van der Waals surface area contributed by atoms with Gasteiger partial charge in [-0.05, 0) is 73.5 Å². The molecule has 3 aromatic rings. The van der Waals surface area contributed by atoms with E-state index in [4.69, 9.17) is 4.74 Å². The molecule has 0 saturated carbocycles. The van der Waals surface area contributed by atoms with Crippen molar-refractivity contribution in [2.45, 2.75) is 24.4 Å². The van der Waals surface area contributed by atoms with Gasteiger partial charge in [0.1, 0.15) is 5.75 Å². The van der Waals surface area contributed by atoms with Gasteiger partial charge >= 0.3 is 12.1 Å². The van der Waals surface area contributed by atoms with E-state index in [1.807, 2.05) is 48.2 Å². The van der Waals surface area contributed by atoms with Crippen molar-refractivity contribution in [3.63, 3.8) is 0 Å². The van der Waals surface area contributed by atoms with Crippen molar-refractivity contribution in [2.75, 3.05) is 49.1 Å². The molecule has 3 heterocycles. The second-order valence-corrected chi connectivity index (χ2v) is 11.1. The lowest BCUT2D eigenvalue weighted by atomic mass is 10.1. The molecule has 0 unspecified atom stereocenters. The van der Waals surface area contributed by atoms with E-state index in [2.05, 4.69) is 10.2 Å². The van der Waals surface area contributed by atoms with Gasteiger partial charge in [0.25, 0.3) is 0 Å². The summed E-state index contributed by atoms with van der Waals surface area (Å²) in [4.78, 5) is 14.3. The number of alkyl halides is 3. The van der Waals surface area contributed by atoms with E-state index in [0.29, 0.717) is 41.7 Å². The van der Waals surface area contributed by atoms with Crippen LogP contribution in [0.1, 0.15) is 12.5 Å². The largest absolute Gasteiger partial charge is 0.494 e. The average Bonchev–Trinajstić information content (AvgIpc) is 3.36. The molecule has 0 radical (unpaired) electrons. The second-order valence-electron chi connectivity index (χ2n) is 9.12. The number of fused-ring (bicyclic) bond motifs is 1. The van der Waals surface area contributed by atoms with Crippen molar-refractivity contribution in [3.8, 4) is 17.0 Å². The van der Waals surface area contributed by atoms with Crippen molar-refractivity contribution < 1.29 is 31.1 Å². The van der Waals surface area contributed by atoms with Gasteiger partial charge in [0, 0.05) is 44.0 Å². The van der Waals surface area contributed by atoms with Crippen LogP contribution >= 0.6 is 0 Å². The first-order chi connectivity index (χ1) is 18.6. The number of hydrogen-bond acceptors (Lipinski definition) is 7. The van der Waals surface area contributed by atoms with Gasteiger partial charge < -0.3 is 14.5 Å². The number of benzene rings is 2. The lowest BCUT2D eigenvalue weighted by Gasteiger charge is -2.34. The highest BCUT2D eigenvalue weighted by Crippen LogP contribution is 2.34. The monoisotopic (exact) mass is 561 g/mol. The van der Waals surface area contributed by atoms with Gasteiger partial charge in [-0.15, -0.1) is 10.2 Å². The van der Waals surface area contributed by atoms with Crippen LogP contribution in [0.4, 0.5) is 24.7 Å². The van der Waals surface area contributed by atoms with E-state index in [9.17, 15) is 26.4 Å². The molecule has 1 aromatic heterocycles. The molecule has 0 spiro atoms. The average molecular weight is 562 g/mol. The molecule has 0 bridgehead atoms. The molecule has 1 saturated heterocycles. The van der Waals surface area contributed by atoms with Gasteiger partial charge in [0.2, 0.25) is 10.0 Å². The zero-order chi connectivity index (χ0) is 27.8. The third-order valence-corrected chi connectivity index (χ3v) is 8.64. The Morgan fingerprint density at radius 1 is 0.949 bits per heavy atom. The van der Waals surface area contributed by atoms with Gasteiger partial charge in [0.15, 0.2) is 5.82 Å². The highest BCUT2D eigenvalue weighted by molar-refractivity contribution is 7.89. The molecule has 0 atom stereocenters. The van der Waals surface area contributed by atoms with Crippen molar-refractivity contribution in [3.05, 3.63) is 60.2 Å². The van der Waals surface area contributed by atoms with Crippen molar-refractivity contribution in [2.24, 2.45) is 0 Å². The number of carbonyl (C=O) groups excluding carboxylic acids is 1. The molecule has 5 rings (SSSR count). The molecule has 2 aliphatic rings. The number of ether oxygens (including phenoxy) is 1. The minimum Gasteiger partial charge on any atom is -0.494 e. The number of carbonyl (C=O) groups is 1. The zero-order valence-corrected chi connectivity index (χ0v) is 21.9. The molecule has 9 nitrogen and oxygen atoms in total. The molecule has 1 amide bonds. The molecule has 39 heavy (non-hydrogen) atoms. The maximum atomic E-state index is 13.3. The van der Waals surface area contributed by atoms with Gasteiger partial charge in [-0.25, -0.2) is 8.42 Å². The maximum Gasteiger partial charge on any atom is 0.471 e. The summed E-state index contributed by atoms with van der Waals surface area (Å²) in [6.07, 6.45) is -4.84. The van der Waals surface area contributed by atoms with E-state index < -0.39 is 22.1 Å². The molecular formula is C26H26F3N5O4S. The van der Waals surface area contributed by atoms with Crippen molar-refractivity contribution >= 4 is 27.4 Å². The molecule has 13 heteroatoms. The van der Waals surface area contributed by atoms with Gasteiger partial charge in [-0.1, -0.05) is 0 Å². The molecular weight excluding hydrogens is 535 g/mol. The van der Waals surface area contributed by atoms with Gasteiger partial charge in [-0.3, -0.25) is 4.79 Å². The Hall–Kier alpha value is -3.71. The van der Waals surface area contributed by atoms with Crippen LogP contribution < -0.4 is 14.5 Å². The summed E-state index contributed by atoms with van der Waals surface area (Å²) in [5, 5.41) is 8.64. The molecule has 2 aliphatic heterocycles. The lowest BCUT2D eigenvalue weighted by Crippen LogP contribution is -2.49. The van der Waals surface area contributed by atoms with Crippen LogP contribution in [0, 0.1) is 0 Å². The fourth-order valence-corrected chi connectivity index (χ4v) is 6.22. The Morgan fingerprint density at radius 2 is 1.67 bits per heavy atom. The van der Waals surface area contributed by atoms with E-state index >= 15 is 0 Å². The minimum absolute atomic E-state index is 0.00416. The third kappa shape index (κ3) is 5.41. The van der Waals surface area contributed by atoms with Crippen LogP contribution in [0.25, 0.3) is 11.3 Å². The van der Waals surface area contributed by atoms with Crippen LogP contribution in [-0.2, 0) is 21.2 Å². The first kappa shape index (κ1) is 26.9. The number of hydrogen-bond donors (Lipinski definition) is 0. The summed E-state index contributed by atoms with van der Waals surface area (Å²) in [5.74, 6) is -0.547. The Bertz CT molecular complexity index is 1460. The summed E-state index contributed by atoms with van der Waals surface area (Å²) in [6.45, 7) is 3.57. The smallest absolute Gasteiger partial charge is 0.471 e. The van der Waals surface area contributed by atoms with Crippen molar-refractivity contribution in [1.82, 2.24) is 14.5 Å². The fourth-order valence-electron chi connectivity index (χ4n) is 4.75. The number of piperazine rings is 1. The number of halogens is 3. The van der Waals surface area contributed by atoms with Gasteiger partial charge in [0.05, 0.1) is 17.2 Å². The van der Waals surface area contributed by atoms with Gasteiger partial charge in [-0.2, -0.15) is 17.5 Å². The highest BCUT2D eigenvalue weighted by Gasteiger charge is 2.45. The van der Waals surface area contributed by atoms with E-state index in [1.54, 1.807) is 0 Å². The summed E-state index contributed by atoms with van der Waals surface area (Å²) in [7, 11) is -3.87. The number of anilines is 2. The minimum atomic E-state index is -4.99. The van der Waals surface area contributed by atoms with Crippen LogP contribution in [-0.4, -0.2) is 74.3 Å². The molecule has 1 fully saturated rings. The van der Waals surface area contributed by atoms with E-state index in [1.165, 1.54) is 22.5 Å². The molecule has 206 valence electrons. The SMILES string of the molecule is CCOc1ccc(-c2ccc(N3CCN(S(=O)(=O)c4ccc5c(c4)CCN5C(=O)C(F)(F)F)CC3)nn2)cc1. The molecule has 0 N–H and O–H groups in total. The summed E-state index contributed by atoms with van der Waals surface area (Å²) >= 11 is 0. The molecule has 2 aromatic carbocycles. The van der Waals surface area contributed by atoms with Crippen LogP contribution in [0.3, 0.4) is 0 Å². The first-order valence-electron chi connectivity index (χ1n) is 12.4. The Balaban J connectivity index is 1.23. The number of aromatic nitrogens is 2. The predicted octanol–water partition coefficient (Wildman–Crippen LogP) is 3.50. The summed E-state index contributed by atoms with van der Waals surface area (Å²) in [6, 6.07) is 15.2. The Morgan fingerprint density at radius 3 is 2.28 bits per heavy atom. The highest BCUT2D eigenvalue weighted by atomic mass is 32.2. The quantitative estimate of drug-likeness (QED) is 0.455. The van der Waals surface area contributed by atoms with E-state index in [0.717, 1.165) is 11.3 Å². The third-order valence-electron chi connectivity index (χ3n) is 6.75. The number of rotatable bonds is 6. The first-order valence-corrected chi connectivity index (χ1v) is 13.9. The predicted molar refractivity (Wildman–Crippen MR) is 138 cm³/mol. The van der Waals surface area contributed by atoms with E-state index in [-0.39, 0.29) is 36.6 Å². The van der Waals surface area contributed by atoms with Crippen molar-refractivity contribution in [1.29, 1.82) is 0 Å². The standard InChI is InChI=1S/C26H26F3N5O4S/c1-2-38-20-5-3-18(4-6-20)22-8-10-24(31-30-22)32-13-15-33(16-14-32)39(36,37)21-7-9-23-19(17-21)11-12-34(23)25(35)26(27,28)29/h3-10,17H,2,11-16H2,1H3. The second kappa shape index (κ2) is 10.5. The van der Waals surface area contributed by atoms with Crippen LogP contribution in [0.15, 0.2) is 59.5 Å². The Labute approximate surface area is 223 Å². The maximum absolute atomic E-state index is 13.3.